The van der Waals surface area contributed by atoms with Crippen molar-refractivity contribution in [3.05, 3.63) is 63.7 Å². The van der Waals surface area contributed by atoms with Gasteiger partial charge in [0.25, 0.3) is 5.69 Å². The minimum absolute atomic E-state index is 0.0484. The van der Waals surface area contributed by atoms with Crippen molar-refractivity contribution in [2.24, 2.45) is 0 Å². The Labute approximate surface area is 172 Å². The summed E-state index contributed by atoms with van der Waals surface area (Å²) >= 11 is 0. The van der Waals surface area contributed by atoms with E-state index in [4.69, 9.17) is 4.74 Å². The van der Waals surface area contributed by atoms with Crippen LogP contribution in [0.5, 0.6) is 5.75 Å². The Morgan fingerprint density at radius 3 is 2.72 bits per heavy atom. The molecule has 0 radical (unpaired) electrons. The third kappa shape index (κ3) is 5.68. The van der Waals surface area contributed by atoms with Gasteiger partial charge in [0.15, 0.2) is 0 Å². The predicted molar refractivity (Wildman–Crippen MR) is 116 cm³/mol. The van der Waals surface area contributed by atoms with E-state index in [1.165, 1.54) is 5.56 Å². The van der Waals surface area contributed by atoms with Crippen molar-refractivity contribution < 1.29 is 9.66 Å². The van der Waals surface area contributed by atoms with Gasteiger partial charge in [-0.25, -0.2) is 0 Å². The summed E-state index contributed by atoms with van der Waals surface area (Å²) in [6, 6.07) is 13.3. The first-order valence-electron chi connectivity index (χ1n) is 10.2. The van der Waals surface area contributed by atoms with Crippen LogP contribution >= 0.6 is 0 Å². The summed E-state index contributed by atoms with van der Waals surface area (Å²) in [4.78, 5) is 13.6. The summed E-state index contributed by atoms with van der Waals surface area (Å²) in [7, 11) is 1.70. The summed E-state index contributed by atoms with van der Waals surface area (Å²) in [5.41, 5.74) is 2.91. The molecular formula is C22H30N4O3. The maximum atomic E-state index is 11.5. The number of hydrogen-bond donors (Lipinski definition) is 2. The van der Waals surface area contributed by atoms with E-state index in [2.05, 4.69) is 21.6 Å². The van der Waals surface area contributed by atoms with Gasteiger partial charge in [-0.05, 0) is 49.4 Å². The van der Waals surface area contributed by atoms with Gasteiger partial charge < -0.3 is 15.4 Å². The van der Waals surface area contributed by atoms with Gasteiger partial charge in [-0.3, -0.25) is 15.0 Å². The number of benzene rings is 2. The number of nitrogens with one attached hydrogen (secondary N) is 2. The van der Waals surface area contributed by atoms with Gasteiger partial charge in [0.2, 0.25) is 0 Å². The molecule has 0 amide bonds. The minimum atomic E-state index is -0.314. The summed E-state index contributed by atoms with van der Waals surface area (Å²) in [5.74, 6) is 0.911. The number of anilines is 1. The number of methoxy groups -OCH3 is 1. The second-order valence-corrected chi connectivity index (χ2v) is 7.43. The molecule has 156 valence electrons. The Morgan fingerprint density at radius 2 is 2.00 bits per heavy atom. The van der Waals surface area contributed by atoms with Crippen LogP contribution in [0.1, 0.15) is 24.0 Å². The molecule has 1 heterocycles. The molecule has 0 saturated carbocycles. The van der Waals surface area contributed by atoms with Gasteiger partial charge in [0.05, 0.1) is 18.2 Å². The summed E-state index contributed by atoms with van der Waals surface area (Å²) in [6.07, 6.45) is 2.81. The number of hydrogen-bond acceptors (Lipinski definition) is 6. The second-order valence-electron chi connectivity index (χ2n) is 7.43. The van der Waals surface area contributed by atoms with E-state index < -0.39 is 0 Å². The highest BCUT2D eigenvalue weighted by atomic mass is 16.6. The zero-order valence-electron chi connectivity index (χ0n) is 17.2. The van der Waals surface area contributed by atoms with Crippen molar-refractivity contribution in [3.63, 3.8) is 0 Å². The van der Waals surface area contributed by atoms with E-state index in [0.717, 1.165) is 56.8 Å². The van der Waals surface area contributed by atoms with Crippen LogP contribution in [0.2, 0.25) is 0 Å². The Bertz CT molecular complexity index is 821. The third-order valence-electron chi connectivity index (χ3n) is 5.38. The molecule has 2 aromatic rings. The highest BCUT2D eigenvalue weighted by molar-refractivity contribution is 5.63. The number of ether oxygens (including phenoxy) is 1. The third-order valence-corrected chi connectivity index (χ3v) is 5.38. The Balaban J connectivity index is 1.73. The minimum Gasteiger partial charge on any atom is -0.496 e. The number of piperazine rings is 1. The zero-order chi connectivity index (χ0) is 20.6. The van der Waals surface area contributed by atoms with Gasteiger partial charge in [0.1, 0.15) is 11.4 Å². The standard InChI is InChI=1S/C22H30N4O3/c1-17-10-11-20(26(27)28)19(16-17)24-22(25-14-12-23-13-15-25)9-5-7-18-6-3-4-8-21(18)29-2/h3-4,6,8,10-11,16,22-24H,5,7,9,12-15H2,1-2H3. The lowest BCUT2D eigenvalue weighted by atomic mass is 10.0. The zero-order valence-corrected chi connectivity index (χ0v) is 17.2. The Hall–Kier alpha value is -2.64. The Kier molecular flexibility index (Phi) is 7.43. The summed E-state index contributed by atoms with van der Waals surface area (Å²) < 4.78 is 5.46. The van der Waals surface area contributed by atoms with E-state index >= 15 is 0 Å². The number of rotatable bonds is 9. The van der Waals surface area contributed by atoms with Crippen molar-refractivity contribution in [1.29, 1.82) is 0 Å². The lowest BCUT2D eigenvalue weighted by Crippen LogP contribution is -2.51. The molecule has 0 spiro atoms. The molecule has 3 rings (SSSR count). The van der Waals surface area contributed by atoms with E-state index in [-0.39, 0.29) is 16.8 Å². The molecule has 1 aliphatic rings. The molecule has 1 saturated heterocycles. The number of nitro benzene ring substituents is 1. The first-order chi connectivity index (χ1) is 14.1. The molecule has 1 aliphatic heterocycles. The second kappa shape index (κ2) is 10.2. The predicted octanol–water partition coefficient (Wildman–Crippen LogP) is 3.58. The van der Waals surface area contributed by atoms with Crippen LogP contribution in [0, 0.1) is 17.0 Å². The lowest BCUT2D eigenvalue weighted by molar-refractivity contribution is -0.384. The van der Waals surface area contributed by atoms with Crippen LogP contribution in [0.3, 0.4) is 0 Å². The number of aryl methyl sites for hydroxylation is 2. The molecule has 1 fully saturated rings. The van der Waals surface area contributed by atoms with Gasteiger partial charge in [-0.2, -0.15) is 0 Å². The number of para-hydroxylation sites is 1. The van der Waals surface area contributed by atoms with Crippen LogP contribution in [-0.2, 0) is 6.42 Å². The Morgan fingerprint density at radius 1 is 1.24 bits per heavy atom. The molecule has 0 aliphatic carbocycles. The maximum Gasteiger partial charge on any atom is 0.292 e. The number of nitro groups is 1. The average Bonchev–Trinajstić information content (AvgIpc) is 2.74. The van der Waals surface area contributed by atoms with Crippen LogP contribution in [0.4, 0.5) is 11.4 Å². The van der Waals surface area contributed by atoms with Crippen molar-refractivity contribution >= 4 is 11.4 Å². The highest BCUT2D eigenvalue weighted by Crippen LogP contribution is 2.28. The molecule has 2 N–H and O–H groups in total. The van der Waals surface area contributed by atoms with Gasteiger partial charge >= 0.3 is 0 Å². The largest absolute Gasteiger partial charge is 0.496 e. The fourth-order valence-corrected chi connectivity index (χ4v) is 3.84. The quantitative estimate of drug-likeness (QED) is 0.496. The molecule has 29 heavy (non-hydrogen) atoms. The topological polar surface area (TPSA) is 79.7 Å². The molecule has 7 heteroatoms. The lowest BCUT2D eigenvalue weighted by Gasteiger charge is -2.36. The molecule has 1 unspecified atom stereocenters. The summed E-state index contributed by atoms with van der Waals surface area (Å²) in [6.45, 7) is 5.66. The molecule has 1 atom stereocenters. The first kappa shape index (κ1) is 21.1. The van der Waals surface area contributed by atoms with Crippen molar-refractivity contribution in [1.82, 2.24) is 10.2 Å². The monoisotopic (exact) mass is 398 g/mol. The average molecular weight is 399 g/mol. The molecule has 0 aromatic heterocycles. The fourth-order valence-electron chi connectivity index (χ4n) is 3.84. The van der Waals surface area contributed by atoms with Gasteiger partial charge in [-0.1, -0.05) is 24.3 Å². The van der Waals surface area contributed by atoms with E-state index in [1.807, 2.05) is 31.2 Å². The van der Waals surface area contributed by atoms with Crippen LogP contribution in [-0.4, -0.2) is 49.3 Å². The van der Waals surface area contributed by atoms with Crippen molar-refractivity contribution in [2.75, 3.05) is 38.6 Å². The van der Waals surface area contributed by atoms with Crippen molar-refractivity contribution in [2.45, 2.75) is 32.4 Å². The van der Waals surface area contributed by atoms with E-state index in [9.17, 15) is 10.1 Å². The highest BCUT2D eigenvalue weighted by Gasteiger charge is 2.23. The maximum absolute atomic E-state index is 11.5. The molecular weight excluding hydrogens is 368 g/mol. The van der Waals surface area contributed by atoms with Crippen molar-refractivity contribution in [3.8, 4) is 5.75 Å². The first-order valence-corrected chi connectivity index (χ1v) is 10.2. The van der Waals surface area contributed by atoms with Crippen LogP contribution < -0.4 is 15.4 Å². The smallest absolute Gasteiger partial charge is 0.292 e. The number of nitrogens with zero attached hydrogens (tertiary/aromatic N) is 2. The normalized spacial score (nSPS) is 15.7. The SMILES string of the molecule is COc1ccccc1CCCC(Nc1cc(C)ccc1[N+](=O)[O-])N1CCNCC1. The molecule has 7 nitrogen and oxygen atoms in total. The van der Waals surface area contributed by atoms with Crippen LogP contribution in [0.25, 0.3) is 0 Å². The molecule has 0 bridgehead atoms. The summed E-state index contributed by atoms with van der Waals surface area (Å²) in [5, 5.41) is 18.3. The van der Waals surface area contributed by atoms with E-state index in [0.29, 0.717) is 5.69 Å². The molecule has 2 aromatic carbocycles. The van der Waals surface area contributed by atoms with Gasteiger partial charge in [0, 0.05) is 32.2 Å². The van der Waals surface area contributed by atoms with Crippen LogP contribution in [0.15, 0.2) is 42.5 Å². The fraction of sp³-hybridized carbons (Fsp3) is 0.455. The van der Waals surface area contributed by atoms with E-state index in [1.54, 1.807) is 19.2 Å². The van der Waals surface area contributed by atoms with Gasteiger partial charge in [-0.15, -0.1) is 0 Å².